The van der Waals surface area contributed by atoms with Gasteiger partial charge in [0.25, 0.3) is 0 Å². The molecule has 1 fully saturated rings. The molecule has 0 unspecified atom stereocenters. The molecule has 14 heavy (non-hydrogen) atoms. The van der Waals surface area contributed by atoms with Crippen LogP contribution in [0.25, 0.3) is 0 Å². The summed E-state index contributed by atoms with van der Waals surface area (Å²) < 4.78 is 1.27. The lowest BCUT2D eigenvalue weighted by molar-refractivity contribution is 0.304. The molecule has 2 rings (SSSR count). The Morgan fingerprint density at radius 2 is 2.00 bits per heavy atom. The molecule has 0 radical (unpaired) electrons. The summed E-state index contributed by atoms with van der Waals surface area (Å²) in [5, 5.41) is 2.15. The fraction of sp³-hybridized carbons (Fsp3) is 0.556. The number of rotatable bonds is 2. The zero-order valence-electron chi connectivity index (χ0n) is 7.74. The van der Waals surface area contributed by atoms with Gasteiger partial charge in [-0.15, -0.1) is 11.3 Å². The minimum Gasteiger partial charge on any atom is -0.297 e. The van der Waals surface area contributed by atoms with Crippen molar-refractivity contribution in [2.75, 3.05) is 24.6 Å². The molecule has 0 bridgehead atoms. The van der Waals surface area contributed by atoms with Crippen LogP contribution in [0, 0.1) is 0 Å². The average molecular weight is 310 g/mol. The van der Waals surface area contributed by atoms with E-state index in [2.05, 4.69) is 32.3 Å². The second-order valence-corrected chi connectivity index (χ2v) is 7.67. The van der Waals surface area contributed by atoms with Gasteiger partial charge in [-0.05, 0) is 27.4 Å². The highest BCUT2D eigenvalue weighted by atomic mass is 79.9. The predicted molar refractivity (Wildman–Crippen MR) is 72.2 cm³/mol. The van der Waals surface area contributed by atoms with Crippen LogP contribution in [0.4, 0.5) is 0 Å². The molecule has 0 spiro atoms. The zero-order chi connectivity index (χ0) is 9.80. The first kappa shape index (κ1) is 11.3. The topological polar surface area (TPSA) is 3.24 Å². The minimum atomic E-state index is 1.11. The maximum absolute atomic E-state index is 3.59. The lowest BCUT2D eigenvalue weighted by Crippen LogP contribution is -2.26. The first-order valence-electron chi connectivity index (χ1n) is 4.55. The van der Waals surface area contributed by atoms with Crippen molar-refractivity contribution < 1.29 is 0 Å². The predicted octanol–water partition coefficient (Wildman–Crippen LogP) is 3.71. The van der Waals surface area contributed by atoms with E-state index >= 15 is 0 Å². The third-order valence-electron chi connectivity index (χ3n) is 2.12. The van der Waals surface area contributed by atoms with Crippen LogP contribution in [0.1, 0.15) is 4.88 Å². The minimum absolute atomic E-state index is 1.11. The van der Waals surface area contributed by atoms with Gasteiger partial charge in [0.1, 0.15) is 0 Å². The standard InChI is InChI=1S/C9H12BrNS3/c10-8-1-4-12-9(8)7-11-2-5-13-14-6-3-11/h1,4H,2-3,5-7H2. The van der Waals surface area contributed by atoms with E-state index < -0.39 is 0 Å². The van der Waals surface area contributed by atoms with E-state index in [1.54, 1.807) is 0 Å². The van der Waals surface area contributed by atoms with Gasteiger partial charge in [0.2, 0.25) is 0 Å². The number of halogens is 1. The SMILES string of the molecule is Brc1ccsc1CN1CCSSCC1. The first-order valence-corrected chi connectivity index (χ1v) is 8.71. The molecule has 0 aromatic carbocycles. The van der Waals surface area contributed by atoms with Crippen molar-refractivity contribution in [2.45, 2.75) is 6.54 Å². The Labute approximate surface area is 105 Å². The Morgan fingerprint density at radius 3 is 2.57 bits per heavy atom. The summed E-state index contributed by atoms with van der Waals surface area (Å²) in [5.41, 5.74) is 0. The van der Waals surface area contributed by atoms with Gasteiger partial charge in [-0.1, -0.05) is 21.6 Å². The molecule has 1 saturated heterocycles. The van der Waals surface area contributed by atoms with Gasteiger partial charge in [0.05, 0.1) is 0 Å². The number of thiophene rings is 1. The third-order valence-corrected chi connectivity index (χ3v) is 6.40. The van der Waals surface area contributed by atoms with Crippen molar-refractivity contribution in [3.05, 3.63) is 20.8 Å². The van der Waals surface area contributed by atoms with Crippen molar-refractivity contribution in [3.8, 4) is 0 Å². The molecule has 0 saturated carbocycles. The molecule has 0 aliphatic carbocycles. The quantitative estimate of drug-likeness (QED) is 0.767. The molecule has 0 atom stereocenters. The third kappa shape index (κ3) is 3.17. The van der Waals surface area contributed by atoms with Gasteiger partial charge in [-0.25, -0.2) is 0 Å². The molecule has 5 heteroatoms. The second kappa shape index (κ2) is 5.80. The fourth-order valence-corrected chi connectivity index (χ4v) is 4.94. The van der Waals surface area contributed by atoms with Gasteiger partial charge in [0.15, 0.2) is 0 Å². The summed E-state index contributed by atoms with van der Waals surface area (Å²) in [6.07, 6.45) is 0. The van der Waals surface area contributed by atoms with E-state index in [1.807, 2.05) is 32.9 Å². The number of hydrogen-bond acceptors (Lipinski definition) is 4. The van der Waals surface area contributed by atoms with E-state index in [-0.39, 0.29) is 0 Å². The summed E-state index contributed by atoms with van der Waals surface area (Å²) in [7, 11) is 4.01. The molecule has 2 heterocycles. The lowest BCUT2D eigenvalue weighted by Gasteiger charge is -2.18. The van der Waals surface area contributed by atoms with E-state index in [9.17, 15) is 0 Å². The molecular weight excluding hydrogens is 298 g/mol. The Hall–Kier alpha value is 0.840. The molecule has 1 nitrogen and oxygen atoms in total. The van der Waals surface area contributed by atoms with E-state index in [0.717, 1.165) is 6.54 Å². The van der Waals surface area contributed by atoms with Crippen LogP contribution in [0.2, 0.25) is 0 Å². The van der Waals surface area contributed by atoms with Gasteiger partial charge < -0.3 is 0 Å². The molecule has 1 aliphatic rings. The van der Waals surface area contributed by atoms with Crippen LogP contribution in [-0.4, -0.2) is 29.5 Å². The van der Waals surface area contributed by atoms with Gasteiger partial charge in [0, 0.05) is 40.5 Å². The molecule has 0 amide bonds. The van der Waals surface area contributed by atoms with Crippen molar-refractivity contribution in [2.24, 2.45) is 0 Å². The fourth-order valence-electron chi connectivity index (χ4n) is 1.36. The normalized spacial score (nSPS) is 19.5. The van der Waals surface area contributed by atoms with Crippen molar-refractivity contribution in [3.63, 3.8) is 0 Å². The highest BCUT2D eigenvalue weighted by molar-refractivity contribution is 9.10. The van der Waals surface area contributed by atoms with Crippen molar-refractivity contribution in [1.29, 1.82) is 0 Å². The summed E-state index contributed by atoms with van der Waals surface area (Å²) in [6, 6.07) is 2.14. The molecular formula is C9H12BrNS3. The summed E-state index contributed by atoms with van der Waals surface area (Å²) in [4.78, 5) is 4.01. The molecule has 1 aliphatic heterocycles. The van der Waals surface area contributed by atoms with Crippen LogP contribution in [-0.2, 0) is 6.54 Å². The van der Waals surface area contributed by atoms with Crippen LogP contribution >= 0.6 is 48.9 Å². The molecule has 0 N–H and O–H groups in total. The second-order valence-electron chi connectivity index (χ2n) is 3.11. The number of nitrogens with zero attached hydrogens (tertiary/aromatic N) is 1. The number of hydrogen-bond donors (Lipinski definition) is 0. The smallest absolute Gasteiger partial charge is 0.0339 e. The van der Waals surface area contributed by atoms with Gasteiger partial charge >= 0.3 is 0 Å². The molecule has 78 valence electrons. The van der Waals surface area contributed by atoms with E-state index in [4.69, 9.17) is 0 Å². The van der Waals surface area contributed by atoms with Crippen LogP contribution in [0.15, 0.2) is 15.9 Å². The van der Waals surface area contributed by atoms with Gasteiger partial charge in [-0.3, -0.25) is 4.90 Å². The van der Waals surface area contributed by atoms with Gasteiger partial charge in [-0.2, -0.15) is 0 Å². The monoisotopic (exact) mass is 309 g/mol. The largest absolute Gasteiger partial charge is 0.297 e. The van der Waals surface area contributed by atoms with Crippen LogP contribution in [0.3, 0.4) is 0 Å². The average Bonchev–Trinajstić information content (AvgIpc) is 2.44. The van der Waals surface area contributed by atoms with Crippen LogP contribution < -0.4 is 0 Å². The summed E-state index contributed by atoms with van der Waals surface area (Å²) >= 11 is 5.43. The lowest BCUT2D eigenvalue weighted by atomic mass is 10.4. The Kier molecular flexibility index (Phi) is 4.69. The van der Waals surface area contributed by atoms with Crippen LogP contribution in [0.5, 0.6) is 0 Å². The van der Waals surface area contributed by atoms with Crippen molar-refractivity contribution >= 4 is 48.9 Å². The van der Waals surface area contributed by atoms with Crippen molar-refractivity contribution in [1.82, 2.24) is 4.90 Å². The first-order chi connectivity index (χ1) is 6.86. The maximum atomic E-state index is 3.59. The highest BCUT2D eigenvalue weighted by Crippen LogP contribution is 2.27. The molecule has 1 aromatic rings. The van der Waals surface area contributed by atoms with E-state index in [0.29, 0.717) is 0 Å². The molecule has 1 aromatic heterocycles. The van der Waals surface area contributed by atoms with E-state index in [1.165, 1.54) is 33.9 Å². The Bertz CT molecular complexity index is 281. The Balaban J connectivity index is 1.92. The zero-order valence-corrected chi connectivity index (χ0v) is 11.8. The summed E-state index contributed by atoms with van der Waals surface area (Å²) in [6.45, 7) is 3.56. The highest BCUT2D eigenvalue weighted by Gasteiger charge is 2.11. The maximum Gasteiger partial charge on any atom is 0.0339 e. The Morgan fingerprint density at radius 1 is 1.29 bits per heavy atom. The summed E-state index contributed by atoms with van der Waals surface area (Å²) in [5.74, 6) is 2.52.